The summed E-state index contributed by atoms with van der Waals surface area (Å²) in [5.74, 6) is -0.846. The van der Waals surface area contributed by atoms with Crippen LogP contribution in [-0.2, 0) is 33.3 Å². The van der Waals surface area contributed by atoms with Gasteiger partial charge in [-0.1, -0.05) is 47.8 Å². The Kier molecular flexibility index (Phi) is 19.9. The van der Waals surface area contributed by atoms with Crippen molar-refractivity contribution in [3.8, 4) is 0 Å². The molecule has 0 bridgehead atoms. The fourth-order valence-electron chi connectivity index (χ4n) is 1.00. The first kappa shape index (κ1) is 34.4. The maximum atomic E-state index is 11.0. The van der Waals surface area contributed by atoms with Crippen molar-refractivity contribution in [2.24, 2.45) is 0 Å². The van der Waals surface area contributed by atoms with Gasteiger partial charge in [-0.3, -0.25) is 14.4 Å². The molecule has 0 spiro atoms. The van der Waals surface area contributed by atoms with Gasteiger partial charge in [-0.25, -0.2) is 0 Å². The van der Waals surface area contributed by atoms with Gasteiger partial charge in [-0.2, -0.15) is 0 Å². The van der Waals surface area contributed by atoms with Crippen molar-refractivity contribution < 1.29 is 38.4 Å². The number of esters is 3. The number of aliphatic hydroxyl groups excluding tert-OH is 1. The number of ether oxygens (including phenoxy) is 4. The first-order chi connectivity index (χ1) is 13.4. The minimum atomic E-state index is -0.651. The van der Waals surface area contributed by atoms with E-state index in [2.05, 4.69) is 52.5 Å². The lowest BCUT2D eigenvalue weighted by molar-refractivity contribution is -0.147. The summed E-state index contributed by atoms with van der Waals surface area (Å²) in [6, 6.07) is 0. The maximum Gasteiger partial charge on any atom is 0.322 e. The van der Waals surface area contributed by atoms with E-state index in [9.17, 15) is 14.4 Å². The van der Waals surface area contributed by atoms with Crippen LogP contribution in [0, 0.1) is 0 Å². The van der Waals surface area contributed by atoms with Crippen molar-refractivity contribution in [1.82, 2.24) is 0 Å². The number of halogens is 3. The highest BCUT2D eigenvalue weighted by atomic mass is 79.9. The SMILES string of the molecule is CC(C)(Br)C(=O)OCCO.CCOC(=O)C(C)(C)Br.COCCOC(=O)C(C)(C)Br. The molecule has 0 amide bonds. The number of methoxy groups -OCH3 is 1. The minimum Gasteiger partial charge on any atom is -0.465 e. The van der Waals surface area contributed by atoms with Crippen LogP contribution in [0.25, 0.3) is 0 Å². The molecule has 0 saturated heterocycles. The van der Waals surface area contributed by atoms with Crippen molar-refractivity contribution in [3.63, 3.8) is 0 Å². The topological polar surface area (TPSA) is 108 Å². The monoisotopic (exact) mass is 628 g/mol. The highest BCUT2D eigenvalue weighted by molar-refractivity contribution is 9.10. The van der Waals surface area contributed by atoms with Gasteiger partial charge in [0.1, 0.15) is 26.2 Å². The first-order valence-corrected chi connectivity index (χ1v) is 11.5. The van der Waals surface area contributed by atoms with Crippen LogP contribution in [0.1, 0.15) is 48.5 Å². The summed E-state index contributed by atoms with van der Waals surface area (Å²) in [5, 5.41) is 8.29. The molecule has 11 heteroatoms. The summed E-state index contributed by atoms with van der Waals surface area (Å²) < 4.78 is 17.1. The molecule has 0 aromatic carbocycles. The Labute approximate surface area is 205 Å². The van der Waals surface area contributed by atoms with Gasteiger partial charge in [0.15, 0.2) is 0 Å². The van der Waals surface area contributed by atoms with Crippen LogP contribution in [0.2, 0.25) is 0 Å². The molecule has 1 N–H and O–H groups in total. The summed E-state index contributed by atoms with van der Waals surface area (Å²) in [4.78, 5) is 32.7. The standard InChI is InChI=1S/C7H13BrO3.C6H11BrO3.C6H11BrO2/c1-7(2,8)6(9)11-5-4-10-3;1-6(2,7)5(9)10-4-3-8;1-4-9-5(8)6(2,3)7/h4-5H2,1-3H3;8H,3-4H2,1-2H3;4H2,1-3H3. The van der Waals surface area contributed by atoms with Crippen LogP contribution in [0.4, 0.5) is 0 Å². The average Bonchev–Trinajstić information content (AvgIpc) is 2.58. The van der Waals surface area contributed by atoms with Gasteiger partial charge in [-0.05, 0) is 48.5 Å². The molecule has 0 unspecified atom stereocenters. The van der Waals surface area contributed by atoms with E-state index in [-0.39, 0.29) is 31.1 Å². The molecule has 0 atom stereocenters. The van der Waals surface area contributed by atoms with Gasteiger partial charge in [-0.15, -0.1) is 0 Å². The Morgan fingerprint density at radius 1 is 0.700 bits per heavy atom. The molecule has 0 aromatic heterocycles. The number of carbonyl (C=O) groups excluding carboxylic acids is 3. The van der Waals surface area contributed by atoms with Crippen LogP contribution in [0.15, 0.2) is 0 Å². The predicted octanol–water partition coefficient (Wildman–Crippen LogP) is 3.77. The summed E-state index contributed by atoms with van der Waals surface area (Å²) >= 11 is 9.47. The van der Waals surface area contributed by atoms with E-state index in [0.717, 1.165) is 0 Å². The molecule has 0 aliphatic carbocycles. The van der Waals surface area contributed by atoms with Crippen LogP contribution in [-0.4, -0.2) is 76.1 Å². The molecular weight excluding hydrogens is 596 g/mol. The second-order valence-electron chi connectivity index (χ2n) is 7.13. The third-order valence-electron chi connectivity index (χ3n) is 2.58. The number of hydrogen-bond donors (Lipinski definition) is 1. The van der Waals surface area contributed by atoms with Crippen LogP contribution in [0.5, 0.6) is 0 Å². The molecule has 0 rings (SSSR count). The molecule has 0 aromatic rings. The molecule has 8 nitrogen and oxygen atoms in total. The summed E-state index contributed by atoms with van der Waals surface area (Å²) in [6.07, 6.45) is 0. The number of rotatable bonds is 9. The van der Waals surface area contributed by atoms with Crippen molar-refractivity contribution in [2.75, 3.05) is 40.1 Å². The van der Waals surface area contributed by atoms with E-state index in [4.69, 9.17) is 19.3 Å². The summed E-state index contributed by atoms with van der Waals surface area (Å²) in [5.41, 5.74) is 0. The van der Waals surface area contributed by atoms with E-state index in [0.29, 0.717) is 19.8 Å². The highest BCUT2D eigenvalue weighted by Gasteiger charge is 2.26. The van der Waals surface area contributed by atoms with Crippen molar-refractivity contribution in [3.05, 3.63) is 0 Å². The molecule has 0 heterocycles. The Morgan fingerprint density at radius 2 is 1.03 bits per heavy atom. The first-order valence-electron chi connectivity index (χ1n) is 9.13. The lowest BCUT2D eigenvalue weighted by Crippen LogP contribution is -2.27. The zero-order valence-electron chi connectivity index (χ0n) is 19.0. The number of alkyl halides is 3. The van der Waals surface area contributed by atoms with Crippen molar-refractivity contribution in [1.29, 1.82) is 0 Å². The predicted molar refractivity (Wildman–Crippen MR) is 127 cm³/mol. The lowest BCUT2D eigenvalue weighted by Gasteiger charge is -2.14. The zero-order valence-corrected chi connectivity index (χ0v) is 23.7. The third-order valence-corrected chi connectivity index (χ3v) is 3.55. The second-order valence-corrected chi connectivity index (χ2v) is 13.1. The fourth-order valence-corrected chi connectivity index (χ4v) is 1.35. The molecule has 0 radical (unpaired) electrons. The number of carbonyl (C=O) groups is 3. The maximum absolute atomic E-state index is 11.0. The third kappa shape index (κ3) is 22.5. The average molecular weight is 631 g/mol. The fraction of sp³-hybridized carbons (Fsp3) is 0.842. The minimum absolute atomic E-state index is 0.0634. The Balaban J connectivity index is -0.000000366. The van der Waals surface area contributed by atoms with E-state index in [1.165, 1.54) is 0 Å². The molecule has 30 heavy (non-hydrogen) atoms. The number of hydrogen-bond acceptors (Lipinski definition) is 8. The Bertz CT molecular complexity index is 491. The molecular formula is C19H35Br3O8. The summed E-state index contributed by atoms with van der Waals surface area (Å²) in [6.45, 7) is 13.3. The van der Waals surface area contributed by atoms with Crippen LogP contribution in [0.3, 0.4) is 0 Å². The Hall–Kier alpha value is -0.230. The number of aliphatic hydroxyl groups is 1. The van der Waals surface area contributed by atoms with Crippen molar-refractivity contribution >= 4 is 65.7 Å². The Morgan fingerprint density at radius 3 is 1.27 bits per heavy atom. The molecule has 0 fully saturated rings. The molecule has 0 aliphatic heterocycles. The van der Waals surface area contributed by atoms with Crippen LogP contribution >= 0.6 is 47.8 Å². The van der Waals surface area contributed by atoms with E-state index in [1.807, 2.05) is 0 Å². The zero-order chi connectivity index (χ0) is 24.6. The second kappa shape index (κ2) is 17.3. The molecule has 0 saturated carbocycles. The van der Waals surface area contributed by atoms with E-state index < -0.39 is 13.0 Å². The van der Waals surface area contributed by atoms with Crippen LogP contribution < -0.4 is 0 Å². The van der Waals surface area contributed by atoms with E-state index >= 15 is 0 Å². The van der Waals surface area contributed by atoms with Gasteiger partial charge < -0.3 is 24.1 Å². The molecule has 180 valence electrons. The lowest BCUT2D eigenvalue weighted by atomic mass is 10.2. The van der Waals surface area contributed by atoms with Gasteiger partial charge in [0.25, 0.3) is 0 Å². The normalized spacial score (nSPS) is 11.2. The smallest absolute Gasteiger partial charge is 0.322 e. The van der Waals surface area contributed by atoms with Crippen molar-refractivity contribution in [2.45, 2.75) is 61.4 Å². The van der Waals surface area contributed by atoms with Gasteiger partial charge in [0.2, 0.25) is 0 Å². The quantitative estimate of drug-likeness (QED) is 0.178. The van der Waals surface area contributed by atoms with Gasteiger partial charge in [0.05, 0.1) is 19.8 Å². The highest BCUT2D eigenvalue weighted by Crippen LogP contribution is 2.18. The van der Waals surface area contributed by atoms with Gasteiger partial charge >= 0.3 is 17.9 Å². The van der Waals surface area contributed by atoms with E-state index in [1.54, 1.807) is 55.6 Å². The van der Waals surface area contributed by atoms with Gasteiger partial charge in [0, 0.05) is 7.11 Å². The summed E-state index contributed by atoms with van der Waals surface area (Å²) in [7, 11) is 1.56. The molecule has 0 aliphatic rings. The largest absolute Gasteiger partial charge is 0.465 e.